The molecule has 1 saturated heterocycles. The Bertz CT molecular complexity index is 396. The molecule has 0 bridgehead atoms. The number of pyridine rings is 1. The van der Waals surface area contributed by atoms with Crippen LogP contribution in [0.15, 0.2) is 18.5 Å². The van der Waals surface area contributed by atoms with Crippen molar-refractivity contribution in [1.29, 1.82) is 0 Å². The maximum Gasteiger partial charge on any atom is 0.0637 e. The van der Waals surface area contributed by atoms with E-state index in [0.717, 1.165) is 37.1 Å². The predicted octanol–water partition coefficient (Wildman–Crippen LogP) is 3.96. The molecular formula is C15H26Cl3N3. The molecule has 2 rings (SSSR count). The van der Waals surface area contributed by atoms with Crippen LogP contribution in [0.1, 0.15) is 38.3 Å². The van der Waals surface area contributed by atoms with Crippen molar-refractivity contribution in [1.82, 2.24) is 15.2 Å². The minimum absolute atomic E-state index is 0. The number of aromatic nitrogens is 1. The number of hydrogen-bond donors (Lipinski definition) is 1. The van der Waals surface area contributed by atoms with E-state index in [2.05, 4.69) is 35.1 Å². The van der Waals surface area contributed by atoms with Gasteiger partial charge in [0.2, 0.25) is 0 Å². The second-order valence-corrected chi connectivity index (χ2v) is 6.08. The van der Waals surface area contributed by atoms with Gasteiger partial charge in [0, 0.05) is 44.6 Å². The summed E-state index contributed by atoms with van der Waals surface area (Å²) in [6, 6.07) is 2.51. The summed E-state index contributed by atoms with van der Waals surface area (Å²) < 4.78 is 0. The smallest absolute Gasteiger partial charge is 0.0637 e. The number of piperazine rings is 1. The summed E-state index contributed by atoms with van der Waals surface area (Å²) in [5.74, 6) is 0.728. The molecule has 1 atom stereocenters. The van der Waals surface area contributed by atoms with Gasteiger partial charge in [-0.2, -0.15) is 0 Å². The summed E-state index contributed by atoms with van der Waals surface area (Å²) in [4.78, 5) is 6.66. The third kappa shape index (κ3) is 6.29. The molecule has 1 aliphatic heterocycles. The van der Waals surface area contributed by atoms with Crippen molar-refractivity contribution in [3.05, 3.63) is 29.0 Å². The SMILES string of the molecule is CC(C)CC[C@H](c1ccncc1Cl)N1CCNCC1.Cl.Cl. The molecule has 0 aliphatic carbocycles. The molecule has 1 aromatic heterocycles. The lowest BCUT2D eigenvalue weighted by atomic mass is 9.96. The molecule has 0 aromatic carbocycles. The van der Waals surface area contributed by atoms with Crippen LogP contribution in [0, 0.1) is 5.92 Å². The number of halogens is 3. The van der Waals surface area contributed by atoms with Gasteiger partial charge >= 0.3 is 0 Å². The first-order valence-corrected chi connectivity index (χ1v) is 7.60. The first kappa shape index (κ1) is 20.9. The summed E-state index contributed by atoms with van der Waals surface area (Å²) in [6.45, 7) is 8.90. The molecule has 3 nitrogen and oxygen atoms in total. The van der Waals surface area contributed by atoms with Crippen LogP contribution in [0.25, 0.3) is 0 Å². The maximum absolute atomic E-state index is 6.35. The van der Waals surface area contributed by atoms with E-state index in [1.165, 1.54) is 18.4 Å². The van der Waals surface area contributed by atoms with E-state index in [1.807, 2.05) is 6.20 Å². The average Bonchev–Trinajstić information content (AvgIpc) is 2.42. The van der Waals surface area contributed by atoms with Gasteiger partial charge in [0.25, 0.3) is 0 Å². The minimum atomic E-state index is 0. The molecule has 0 saturated carbocycles. The molecule has 2 heterocycles. The van der Waals surface area contributed by atoms with E-state index in [4.69, 9.17) is 11.6 Å². The highest BCUT2D eigenvalue weighted by atomic mass is 35.5. The van der Waals surface area contributed by atoms with Crippen LogP contribution >= 0.6 is 36.4 Å². The van der Waals surface area contributed by atoms with Gasteiger partial charge in [-0.05, 0) is 30.4 Å². The zero-order chi connectivity index (χ0) is 13.7. The number of hydrogen-bond acceptors (Lipinski definition) is 3. The molecule has 1 N–H and O–H groups in total. The second kappa shape index (κ2) is 10.6. The van der Waals surface area contributed by atoms with Gasteiger partial charge < -0.3 is 5.32 Å². The Morgan fingerprint density at radius 3 is 2.48 bits per heavy atom. The van der Waals surface area contributed by atoms with Crippen molar-refractivity contribution in [2.45, 2.75) is 32.7 Å². The molecule has 0 radical (unpaired) electrons. The van der Waals surface area contributed by atoms with E-state index >= 15 is 0 Å². The van der Waals surface area contributed by atoms with E-state index in [9.17, 15) is 0 Å². The molecule has 122 valence electrons. The van der Waals surface area contributed by atoms with Crippen molar-refractivity contribution in [3.8, 4) is 0 Å². The highest BCUT2D eigenvalue weighted by molar-refractivity contribution is 6.31. The fourth-order valence-electron chi connectivity index (χ4n) is 2.68. The van der Waals surface area contributed by atoms with Gasteiger partial charge in [0.15, 0.2) is 0 Å². The van der Waals surface area contributed by atoms with Gasteiger partial charge in [-0.15, -0.1) is 24.8 Å². The molecule has 1 aromatic rings. The van der Waals surface area contributed by atoms with E-state index in [1.54, 1.807) is 6.20 Å². The fourth-order valence-corrected chi connectivity index (χ4v) is 2.92. The third-order valence-corrected chi connectivity index (χ3v) is 4.09. The molecule has 6 heteroatoms. The van der Waals surface area contributed by atoms with Gasteiger partial charge in [0.05, 0.1) is 5.02 Å². The Hall–Kier alpha value is -0.0600. The standard InChI is InChI=1S/C15H24ClN3.2ClH/c1-12(2)3-4-15(19-9-7-17-8-10-19)13-5-6-18-11-14(13)16;;/h5-6,11-12,15,17H,3-4,7-10H2,1-2H3;2*1H/t15-;;/m1../s1. The Labute approximate surface area is 145 Å². The van der Waals surface area contributed by atoms with E-state index < -0.39 is 0 Å². The molecule has 21 heavy (non-hydrogen) atoms. The van der Waals surface area contributed by atoms with Crippen LogP contribution in [-0.4, -0.2) is 36.1 Å². The third-order valence-electron chi connectivity index (χ3n) is 3.77. The summed E-state index contributed by atoms with van der Waals surface area (Å²) in [5.41, 5.74) is 1.24. The number of rotatable bonds is 5. The topological polar surface area (TPSA) is 28.2 Å². The summed E-state index contributed by atoms with van der Waals surface area (Å²) in [5, 5.41) is 4.21. The molecule has 0 spiro atoms. The van der Waals surface area contributed by atoms with Gasteiger partial charge in [0.1, 0.15) is 0 Å². The summed E-state index contributed by atoms with van der Waals surface area (Å²) in [7, 11) is 0. The highest BCUT2D eigenvalue weighted by Gasteiger charge is 2.23. The average molecular weight is 355 g/mol. The summed E-state index contributed by atoms with van der Waals surface area (Å²) >= 11 is 6.35. The first-order valence-electron chi connectivity index (χ1n) is 7.22. The quantitative estimate of drug-likeness (QED) is 0.867. The maximum atomic E-state index is 6.35. The normalized spacial score (nSPS) is 17.0. The van der Waals surface area contributed by atoms with Gasteiger partial charge in [-0.3, -0.25) is 9.88 Å². The zero-order valence-electron chi connectivity index (χ0n) is 12.7. The lowest BCUT2D eigenvalue weighted by molar-refractivity contribution is 0.160. The van der Waals surface area contributed by atoms with Crippen molar-refractivity contribution in [2.24, 2.45) is 5.92 Å². The largest absolute Gasteiger partial charge is 0.314 e. The summed E-state index contributed by atoms with van der Waals surface area (Å²) in [6.07, 6.45) is 6.02. The lowest BCUT2D eigenvalue weighted by Gasteiger charge is -2.36. The predicted molar refractivity (Wildman–Crippen MR) is 95.0 cm³/mol. The van der Waals surface area contributed by atoms with E-state index in [0.29, 0.717) is 6.04 Å². The van der Waals surface area contributed by atoms with Crippen molar-refractivity contribution in [2.75, 3.05) is 26.2 Å². The van der Waals surface area contributed by atoms with Crippen LogP contribution in [0.5, 0.6) is 0 Å². The minimum Gasteiger partial charge on any atom is -0.314 e. The van der Waals surface area contributed by atoms with Crippen molar-refractivity contribution in [3.63, 3.8) is 0 Å². The van der Waals surface area contributed by atoms with Crippen LogP contribution in [-0.2, 0) is 0 Å². The van der Waals surface area contributed by atoms with Crippen LogP contribution in [0.3, 0.4) is 0 Å². The van der Waals surface area contributed by atoms with Crippen molar-refractivity contribution < 1.29 is 0 Å². The van der Waals surface area contributed by atoms with Crippen molar-refractivity contribution >= 4 is 36.4 Å². The van der Waals surface area contributed by atoms with Crippen LogP contribution < -0.4 is 5.32 Å². The fraction of sp³-hybridized carbons (Fsp3) is 0.667. The van der Waals surface area contributed by atoms with Crippen LogP contribution in [0.2, 0.25) is 5.02 Å². The van der Waals surface area contributed by atoms with Gasteiger partial charge in [-0.25, -0.2) is 0 Å². The Morgan fingerprint density at radius 2 is 1.90 bits per heavy atom. The molecule has 1 fully saturated rings. The van der Waals surface area contributed by atoms with Gasteiger partial charge in [-0.1, -0.05) is 25.4 Å². The van der Waals surface area contributed by atoms with Crippen LogP contribution in [0.4, 0.5) is 0 Å². The first-order chi connectivity index (χ1) is 9.18. The second-order valence-electron chi connectivity index (χ2n) is 5.67. The lowest BCUT2D eigenvalue weighted by Crippen LogP contribution is -2.45. The molecule has 1 aliphatic rings. The zero-order valence-corrected chi connectivity index (χ0v) is 15.1. The molecule has 0 amide bonds. The Morgan fingerprint density at radius 1 is 1.24 bits per heavy atom. The number of nitrogens with one attached hydrogen (secondary N) is 1. The Kier molecular flexibility index (Phi) is 10.6. The highest BCUT2D eigenvalue weighted by Crippen LogP contribution is 2.31. The molecular weight excluding hydrogens is 329 g/mol. The Balaban J connectivity index is 0.00000200. The van der Waals surface area contributed by atoms with E-state index in [-0.39, 0.29) is 24.8 Å². The monoisotopic (exact) mass is 353 g/mol. The number of nitrogens with zero attached hydrogens (tertiary/aromatic N) is 2. The molecule has 0 unspecified atom stereocenters.